The van der Waals surface area contributed by atoms with Gasteiger partial charge in [-0.1, -0.05) is 24.3 Å². The first-order chi connectivity index (χ1) is 15.5. The van der Waals surface area contributed by atoms with Crippen LogP contribution < -0.4 is 16.0 Å². The van der Waals surface area contributed by atoms with Crippen molar-refractivity contribution < 1.29 is 4.79 Å². The number of carbonyl (C=O) groups is 1. The maximum atomic E-state index is 10.8. The first-order valence-electron chi connectivity index (χ1n) is 10.7. The fraction of sp³-hybridized carbons (Fsp3) is 0.333. The molecule has 0 aliphatic rings. The molecule has 0 atom stereocenters. The zero-order chi connectivity index (χ0) is 22.9. The number of fused-ring (bicyclic) bond motifs is 1. The molecule has 3 rings (SSSR count). The standard InChI is InChI=1S/C24H29Cl2N5O/c1-30-22-10-9-20(31(15-12-25)16-13-26)17-21(22)29-24(30)28-14-2-3-18-4-6-19(7-5-18)8-11-23(27)32/h4-11,17H,2-3,12-16H2,1H3,(H2,27,32)(H,28,29)/b11-8+. The molecule has 0 bridgehead atoms. The number of amides is 1. The summed E-state index contributed by atoms with van der Waals surface area (Å²) in [6.45, 7) is 2.32. The predicted molar refractivity (Wildman–Crippen MR) is 136 cm³/mol. The third-order valence-electron chi connectivity index (χ3n) is 5.28. The molecule has 1 heterocycles. The highest BCUT2D eigenvalue weighted by atomic mass is 35.5. The number of nitrogens with one attached hydrogen (secondary N) is 1. The monoisotopic (exact) mass is 473 g/mol. The third-order valence-corrected chi connectivity index (χ3v) is 5.62. The number of carbonyl (C=O) groups excluding carboxylic acids is 1. The molecule has 1 aromatic heterocycles. The summed E-state index contributed by atoms with van der Waals surface area (Å²) >= 11 is 11.9. The van der Waals surface area contributed by atoms with Crippen molar-refractivity contribution in [1.29, 1.82) is 0 Å². The van der Waals surface area contributed by atoms with Gasteiger partial charge < -0.3 is 20.5 Å². The number of alkyl halides is 2. The second-order valence-corrected chi connectivity index (χ2v) is 8.30. The van der Waals surface area contributed by atoms with Crippen LogP contribution in [0.2, 0.25) is 0 Å². The van der Waals surface area contributed by atoms with Gasteiger partial charge >= 0.3 is 0 Å². The fourth-order valence-electron chi connectivity index (χ4n) is 3.58. The van der Waals surface area contributed by atoms with Crippen LogP contribution in [0.1, 0.15) is 17.5 Å². The number of anilines is 2. The van der Waals surface area contributed by atoms with E-state index in [2.05, 4.69) is 45.1 Å². The molecule has 6 nitrogen and oxygen atoms in total. The Morgan fingerprint density at radius 2 is 1.88 bits per heavy atom. The Labute approximate surface area is 199 Å². The smallest absolute Gasteiger partial charge is 0.241 e. The third kappa shape index (κ3) is 6.40. The van der Waals surface area contributed by atoms with Crippen molar-refractivity contribution >= 4 is 57.9 Å². The highest BCUT2D eigenvalue weighted by Gasteiger charge is 2.11. The minimum atomic E-state index is -0.443. The van der Waals surface area contributed by atoms with Crippen molar-refractivity contribution in [1.82, 2.24) is 9.55 Å². The van der Waals surface area contributed by atoms with Gasteiger partial charge in [0, 0.05) is 50.2 Å². The molecular weight excluding hydrogens is 445 g/mol. The van der Waals surface area contributed by atoms with Crippen molar-refractivity contribution in [3.8, 4) is 0 Å². The van der Waals surface area contributed by atoms with Gasteiger partial charge in [-0.15, -0.1) is 23.2 Å². The number of nitrogens with two attached hydrogens (primary N) is 1. The van der Waals surface area contributed by atoms with Gasteiger partial charge in [0.2, 0.25) is 11.9 Å². The van der Waals surface area contributed by atoms with Gasteiger partial charge in [-0.05, 0) is 48.2 Å². The molecule has 170 valence electrons. The number of nitrogens with zero attached hydrogens (tertiary/aromatic N) is 3. The molecule has 0 radical (unpaired) electrons. The summed E-state index contributed by atoms with van der Waals surface area (Å²) in [5, 5.41) is 3.45. The van der Waals surface area contributed by atoms with E-state index in [4.69, 9.17) is 33.9 Å². The van der Waals surface area contributed by atoms with Crippen molar-refractivity contribution in [3.63, 3.8) is 0 Å². The Bertz CT molecular complexity index is 1060. The first-order valence-corrected chi connectivity index (χ1v) is 11.7. The van der Waals surface area contributed by atoms with Gasteiger partial charge in [-0.2, -0.15) is 0 Å². The van der Waals surface area contributed by atoms with Gasteiger partial charge in [0.05, 0.1) is 11.0 Å². The number of rotatable bonds is 12. The van der Waals surface area contributed by atoms with E-state index in [1.807, 2.05) is 19.2 Å². The van der Waals surface area contributed by atoms with E-state index >= 15 is 0 Å². The van der Waals surface area contributed by atoms with Crippen LogP contribution in [0, 0.1) is 0 Å². The van der Waals surface area contributed by atoms with E-state index in [1.165, 1.54) is 11.6 Å². The number of hydrogen-bond acceptors (Lipinski definition) is 4. The van der Waals surface area contributed by atoms with Crippen LogP contribution in [0.5, 0.6) is 0 Å². The van der Waals surface area contributed by atoms with Crippen LogP contribution >= 0.6 is 23.2 Å². The van der Waals surface area contributed by atoms with E-state index < -0.39 is 5.91 Å². The van der Waals surface area contributed by atoms with Crippen LogP contribution in [0.25, 0.3) is 17.1 Å². The summed E-state index contributed by atoms with van der Waals surface area (Å²) < 4.78 is 2.08. The Morgan fingerprint density at radius 3 is 2.53 bits per heavy atom. The molecule has 0 aliphatic carbocycles. The van der Waals surface area contributed by atoms with Crippen molar-refractivity contribution in [2.75, 3.05) is 41.6 Å². The summed E-state index contributed by atoms with van der Waals surface area (Å²) in [6, 6.07) is 14.4. The summed E-state index contributed by atoms with van der Waals surface area (Å²) in [6.07, 6.45) is 5.01. The topological polar surface area (TPSA) is 76.2 Å². The number of aromatic nitrogens is 2. The summed E-state index contributed by atoms with van der Waals surface area (Å²) in [7, 11) is 2.02. The van der Waals surface area contributed by atoms with Crippen LogP contribution in [0.4, 0.5) is 11.6 Å². The molecular formula is C24H29Cl2N5O. The lowest BCUT2D eigenvalue weighted by Crippen LogP contribution is -2.27. The maximum absolute atomic E-state index is 10.8. The normalized spacial score (nSPS) is 11.3. The molecule has 0 fully saturated rings. The highest BCUT2D eigenvalue weighted by Crippen LogP contribution is 2.24. The van der Waals surface area contributed by atoms with Crippen molar-refractivity contribution in [2.24, 2.45) is 12.8 Å². The molecule has 1 amide bonds. The molecule has 32 heavy (non-hydrogen) atoms. The van der Waals surface area contributed by atoms with Crippen molar-refractivity contribution in [2.45, 2.75) is 12.8 Å². The Hall–Kier alpha value is -2.70. The summed E-state index contributed by atoms with van der Waals surface area (Å²) in [4.78, 5) is 17.8. The van der Waals surface area contributed by atoms with Crippen LogP contribution in [-0.2, 0) is 18.3 Å². The number of imidazole rings is 1. The second kappa shape index (κ2) is 11.8. The Kier molecular flexibility index (Phi) is 8.82. The molecule has 0 saturated carbocycles. The van der Waals surface area contributed by atoms with Gasteiger partial charge in [0.15, 0.2) is 0 Å². The number of halogens is 2. The highest BCUT2D eigenvalue weighted by molar-refractivity contribution is 6.18. The Morgan fingerprint density at radius 1 is 1.16 bits per heavy atom. The lowest BCUT2D eigenvalue weighted by atomic mass is 10.1. The molecule has 0 unspecified atom stereocenters. The largest absolute Gasteiger partial charge is 0.369 e. The lowest BCUT2D eigenvalue weighted by Gasteiger charge is -2.22. The molecule has 3 N–H and O–H groups in total. The molecule has 0 spiro atoms. The molecule has 2 aromatic carbocycles. The predicted octanol–water partition coefficient (Wildman–Crippen LogP) is 4.40. The summed E-state index contributed by atoms with van der Waals surface area (Å²) in [5.74, 6) is 1.51. The van der Waals surface area contributed by atoms with Crippen LogP contribution in [0.15, 0.2) is 48.5 Å². The van der Waals surface area contributed by atoms with E-state index in [1.54, 1.807) is 6.08 Å². The van der Waals surface area contributed by atoms with Gasteiger partial charge in [0.25, 0.3) is 0 Å². The zero-order valence-electron chi connectivity index (χ0n) is 18.2. The number of hydrogen-bond donors (Lipinski definition) is 2. The molecule has 0 aliphatic heterocycles. The minimum absolute atomic E-state index is 0.443. The first kappa shape index (κ1) is 24.0. The maximum Gasteiger partial charge on any atom is 0.241 e. The van der Waals surface area contributed by atoms with Crippen LogP contribution in [-0.4, -0.2) is 46.9 Å². The molecule has 3 aromatic rings. The van der Waals surface area contributed by atoms with E-state index in [-0.39, 0.29) is 0 Å². The molecule has 8 heteroatoms. The van der Waals surface area contributed by atoms with Crippen LogP contribution in [0.3, 0.4) is 0 Å². The minimum Gasteiger partial charge on any atom is -0.369 e. The van der Waals surface area contributed by atoms with E-state index in [9.17, 15) is 4.79 Å². The van der Waals surface area contributed by atoms with Gasteiger partial charge in [-0.3, -0.25) is 4.79 Å². The second-order valence-electron chi connectivity index (χ2n) is 7.54. The SMILES string of the molecule is Cn1c(NCCCc2ccc(/C=C/C(N)=O)cc2)nc2cc(N(CCCl)CCCl)ccc21. The lowest BCUT2D eigenvalue weighted by molar-refractivity contribution is -0.113. The zero-order valence-corrected chi connectivity index (χ0v) is 19.7. The quantitative estimate of drug-likeness (QED) is 0.232. The Balaban J connectivity index is 1.58. The number of primary amides is 1. The number of benzene rings is 2. The average Bonchev–Trinajstić information content (AvgIpc) is 3.10. The van der Waals surface area contributed by atoms with Gasteiger partial charge in [-0.25, -0.2) is 4.98 Å². The average molecular weight is 474 g/mol. The summed E-state index contributed by atoms with van der Waals surface area (Å²) in [5.41, 5.74) is 10.4. The molecule has 0 saturated heterocycles. The van der Waals surface area contributed by atoms with E-state index in [0.29, 0.717) is 11.8 Å². The fourth-order valence-corrected chi connectivity index (χ4v) is 3.99. The van der Waals surface area contributed by atoms with E-state index in [0.717, 1.165) is 60.7 Å². The van der Waals surface area contributed by atoms with Gasteiger partial charge in [0.1, 0.15) is 0 Å². The number of aryl methyl sites for hydroxylation is 2. The van der Waals surface area contributed by atoms with Crippen molar-refractivity contribution in [3.05, 3.63) is 59.7 Å².